The van der Waals surface area contributed by atoms with Gasteiger partial charge < -0.3 is 0 Å². The fourth-order valence-corrected chi connectivity index (χ4v) is 2.12. The lowest BCUT2D eigenvalue weighted by molar-refractivity contribution is 0.102. The van der Waals surface area contributed by atoms with E-state index in [1.165, 1.54) is 11.0 Å². The van der Waals surface area contributed by atoms with Gasteiger partial charge >= 0.3 is 0 Å². The van der Waals surface area contributed by atoms with Crippen LogP contribution >= 0.6 is 0 Å². The largest absolute Gasteiger partial charge is 0.288 e. The van der Waals surface area contributed by atoms with Crippen molar-refractivity contribution >= 4 is 11.9 Å². The average Bonchev–Trinajstić information content (AvgIpc) is 3.07. The monoisotopic (exact) mass is 297 g/mol. The first-order valence-electron chi connectivity index (χ1n) is 6.72. The summed E-state index contributed by atoms with van der Waals surface area (Å²) >= 11 is 0. The molecule has 2 N–H and O–H groups in total. The number of benzene rings is 1. The summed E-state index contributed by atoms with van der Waals surface area (Å²) in [5.74, 6) is 0.423. The van der Waals surface area contributed by atoms with Gasteiger partial charge in [0.1, 0.15) is 5.82 Å². The molecule has 22 heavy (non-hydrogen) atoms. The Morgan fingerprint density at radius 3 is 2.55 bits per heavy atom. The molecular formula is C14H15N7O. The maximum Gasteiger partial charge on any atom is 0.280 e. The zero-order chi connectivity index (χ0) is 15.7. The molecule has 0 bridgehead atoms. The number of amides is 1. The van der Waals surface area contributed by atoms with Gasteiger partial charge in [-0.25, -0.2) is 0 Å². The number of nitrogens with zero attached hydrogens (tertiary/aromatic N) is 5. The highest BCUT2D eigenvalue weighted by atomic mass is 16.2. The van der Waals surface area contributed by atoms with Crippen molar-refractivity contribution in [1.82, 2.24) is 30.2 Å². The molecule has 0 saturated carbocycles. The summed E-state index contributed by atoms with van der Waals surface area (Å²) in [5.41, 5.74) is 3.22. The minimum atomic E-state index is -0.408. The number of aromatic amines is 1. The third kappa shape index (κ3) is 2.85. The number of carbonyl (C=O) groups is 1. The molecule has 0 unspecified atom stereocenters. The second-order valence-corrected chi connectivity index (χ2v) is 5.06. The van der Waals surface area contributed by atoms with Crippen molar-refractivity contribution in [3.8, 4) is 5.69 Å². The third-order valence-corrected chi connectivity index (χ3v) is 2.98. The molecule has 0 atom stereocenters. The highest BCUT2D eigenvalue weighted by molar-refractivity contribution is 6.01. The molecule has 1 aromatic carbocycles. The van der Waals surface area contributed by atoms with Gasteiger partial charge in [0.15, 0.2) is 5.69 Å². The van der Waals surface area contributed by atoms with Crippen LogP contribution in [0.5, 0.6) is 0 Å². The Morgan fingerprint density at radius 1 is 1.18 bits per heavy atom. The lowest BCUT2D eigenvalue weighted by atomic mass is 10.1. The maximum atomic E-state index is 12.1. The van der Waals surface area contributed by atoms with Crippen molar-refractivity contribution in [3.05, 3.63) is 47.0 Å². The van der Waals surface area contributed by atoms with Crippen LogP contribution in [0, 0.1) is 20.8 Å². The molecule has 1 amide bonds. The van der Waals surface area contributed by atoms with Gasteiger partial charge in [-0.3, -0.25) is 15.2 Å². The first-order valence-corrected chi connectivity index (χ1v) is 6.72. The van der Waals surface area contributed by atoms with Crippen LogP contribution in [0.2, 0.25) is 0 Å². The van der Waals surface area contributed by atoms with E-state index in [2.05, 4.69) is 36.8 Å². The number of hydrogen-bond acceptors (Lipinski definition) is 5. The van der Waals surface area contributed by atoms with E-state index in [1.54, 1.807) is 6.92 Å². The summed E-state index contributed by atoms with van der Waals surface area (Å²) in [6, 6.07) is 5.97. The van der Waals surface area contributed by atoms with Crippen molar-refractivity contribution < 1.29 is 4.79 Å². The molecule has 2 aromatic heterocycles. The summed E-state index contributed by atoms with van der Waals surface area (Å²) in [6.07, 6.45) is 1.41. The van der Waals surface area contributed by atoms with Gasteiger partial charge in [0.05, 0.1) is 11.9 Å². The molecule has 0 aliphatic heterocycles. The molecule has 112 valence electrons. The smallest absolute Gasteiger partial charge is 0.280 e. The number of rotatable bonds is 3. The molecule has 0 saturated heterocycles. The Morgan fingerprint density at radius 2 is 1.91 bits per heavy atom. The Hall–Kier alpha value is -3.03. The fourth-order valence-electron chi connectivity index (χ4n) is 2.12. The van der Waals surface area contributed by atoms with Crippen LogP contribution < -0.4 is 5.32 Å². The van der Waals surface area contributed by atoms with Crippen LogP contribution in [0.25, 0.3) is 5.69 Å². The second kappa shape index (κ2) is 5.40. The molecule has 0 aliphatic carbocycles. The fraction of sp³-hybridized carbons (Fsp3) is 0.214. The van der Waals surface area contributed by atoms with Crippen LogP contribution in [0.15, 0.2) is 24.4 Å². The van der Waals surface area contributed by atoms with Gasteiger partial charge in [0, 0.05) is 0 Å². The third-order valence-electron chi connectivity index (χ3n) is 2.98. The highest BCUT2D eigenvalue weighted by Gasteiger charge is 2.14. The lowest BCUT2D eigenvalue weighted by Crippen LogP contribution is -2.14. The van der Waals surface area contributed by atoms with Gasteiger partial charge in [0.2, 0.25) is 5.95 Å². The molecule has 0 aliphatic rings. The van der Waals surface area contributed by atoms with Crippen LogP contribution in [0.4, 0.5) is 5.95 Å². The number of H-pyrrole nitrogens is 1. The summed E-state index contributed by atoms with van der Waals surface area (Å²) in [5, 5.41) is 17.4. The summed E-state index contributed by atoms with van der Waals surface area (Å²) in [6.45, 7) is 5.75. The SMILES string of the molecule is Cc1cc(C)cc(-n2ncc(C(=O)Nc3n[nH]c(C)n3)n2)c1. The van der Waals surface area contributed by atoms with Crippen molar-refractivity contribution in [3.63, 3.8) is 0 Å². The number of aryl methyl sites for hydroxylation is 3. The van der Waals surface area contributed by atoms with Gasteiger partial charge in [-0.1, -0.05) is 6.07 Å². The Balaban J connectivity index is 1.82. The number of nitrogens with one attached hydrogen (secondary N) is 2. The van der Waals surface area contributed by atoms with Crippen molar-refractivity contribution in [2.45, 2.75) is 20.8 Å². The minimum absolute atomic E-state index is 0.196. The summed E-state index contributed by atoms with van der Waals surface area (Å²) < 4.78 is 0. The Bertz CT molecular complexity index is 813. The molecule has 8 nitrogen and oxygen atoms in total. The first-order chi connectivity index (χ1) is 10.5. The van der Waals surface area contributed by atoms with Gasteiger partial charge in [-0.05, 0) is 44.0 Å². The molecular weight excluding hydrogens is 282 g/mol. The van der Waals surface area contributed by atoms with E-state index in [0.717, 1.165) is 16.8 Å². The second-order valence-electron chi connectivity index (χ2n) is 5.06. The van der Waals surface area contributed by atoms with E-state index in [9.17, 15) is 4.79 Å². The average molecular weight is 297 g/mol. The lowest BCUT2D eigenvalue weighted by Gasteiger charge is -2.03. The topological polar surface area (TPSA) is 101 Å². The van der Waals surface area contributed by atoms with Crippen LogP contribution in [-0.2, 0) is 0 Å². The van der Waals surface area contributed by atoms with Gasteiger partial charge in [0.25, 0.3) is 5.91 Å². The van der Waals surface area contributed by atoms with E-state index >= 15 is 0 Å². The van der Waals surface area contributed by atoms with E-state index in [4.69, 9.17) is 0 Å². The first kappa shape index (κ1) is 13.9. The van der Waals surface area contributed by atoms with Gasteiger partial charge in [-0.2, -0.15) is 14.9 Å². The molecule has 0 spiro atoms. The summed E-state index contributed by atoms with van der Waals surface area (Å²) in [4.78, 5) is 17.5. The molecule has 0 fully saturated rings. The normalized spacial score (nSPS) is 10.7. The zero-order valence-electron chi connectivity index (χ0n) is 12.5. The van der Waals surface area contributed by atoms with Crippen molar-refractivity contribution in [2.24, 2.45) is 0 Å². The van der Waals surface area contributed by atoms with Crippen molar-refractivity contribution in [1.29, 1.82) is 0 Å². The molecule has 3 rings (SSSR count). The number of anilines is 1. The standard InChI is InChI=1S/C14H15N7O/c1-8-4-9(2)6-11(5-8)21-15-7-12(20-21)13(22)17-14-16-10(3)18-19-14/h4-7H,1-3H3,(H2,16,17,18,19,22). The van der Waals surface area contributed by atoms with Gasteiger partial charge in [-0.15, -0.1) is 10.2 Å². The van der Waals surface area contributed by atoms with E-state index in [1.807, 2.05) is 26.0 Å². The predicted molar refractivity (Wildman–Crippen MR) is 79.9 cm³/mol. The van der Waals surface area contributed by atoms with E-state index < -0.39 is 5.91 Å². The molecule has 8 heteroatoms. The van der Waals surface area contributed by atoms with Crippen LogP contribution in [0.3, 0.4) is 0 Å². The summed E-state index contributed by atoms with van der Waals surface area (Å²) in [7, 11) is 0. The van der Waals surface area contributed by atoms with Crippen molar-refractivity contribution in [2.75, 3.05) is 5.32 Å². The Labute approximate surface area is 126 Å². The maximum absolute atomic E-state index is 12.1. The highest BCUT2D eigenvalue weighted by Crippen LogP contribution is 2.12. The van der Waals surface area contributed by atoms with Crippen LogP contribution in [-0.4, -0.2) is 36.1 Å². The number of hydrogen-bond donors (Lipinski definition) is 2. The molecule has 3 aromatic rings. The van der Waals surface area contributed by atoms with Crippen LogP contribution in [0.1, 0.15) is 27.4 Å². The minimum Gasteiger partial charge on any atom is -0.288 e. The Kier molecular flexibility index (Phi) is 3.42. The van der Waals surface area contributed by atoms with E-state index in [0.29, 0.717) is 5.82 Å². The molecule has 2 heterocycles. The number of aromatic nitrogens is 6. The number of carbonyl (C=O) groups excluding carboxylic acids is 1. The zero-order valence-corrected chi connectivity index (χ0v) is 12.5. The molecule has 0 radical (unpaired) electrons. The predicted octanol–water partition coefficient (Wildman–Crippen LogP) is 1.56. The van der Waals surface area contributed by atoms with E-state index in [-0.39, 0.29) is 11.6 Å². The quantitative estimate of drug-likeness (QED) is 0.764.